The molecule has 0 saturated carbocycles. The standard InChI is InChI=1S/C8H9N3OS/c1-2-12-11-8-10-6-4-3-5-9-7(6)13-8/h3-5H,2H2,1H3,(H,10,11). The van der Waals surface area contributed by atoms with Crippen LogP contribution in [0.15, 0.2) is 18.3 Å². The Balaban J connectivity index is 2.28. The molecule has 0 aliphatic heterocycles. The number of thiazole rings is 1. The summed E-state index contributed by atoms with van der Waals surface area (Å²) in [6.07, 6.45) is 1.75. The molecule has 0 unspecified atom stereocenters. The van der Waals surface area contributed by atoms with Crippen LogP contribution < -0.4 is 5.48 Å². The van der Waals surface area contributed by atoms with E-state index >= 15 is 0 Å². The Labute approximate surface area is 79.5 Å². The molecule has 0 amide bonds. The molecule has 13 heavy (non-hydrogen) atoms. The topological polar surface area (TPSA) is 47.0 Å². The predicted octanol–water partition coefficient (Wildman–Crippen LogP) is 2.05. The molecule has 0 fully saturated rings. The van der Waals surface area contributed by atoms with E-state index in [1.165, 1.54) is 11.3 Å². The molecule has 1 N–H and O–H groups in total. The summed E-state index contributed by atoms with van der Waals surface area (Å²) in [5, 5.41) is 0.746. The maximum Gasteiger partial charge on any atom is 0.209 e. The van der Waals surface area contributed by atoms with Crippen LogP contribution in [-0.2, 0) is 4.84 Å². The first-order valence-corrected chi connectivity index (χ1v) is 4.81. The summed E-state index contributed by atoms with van der Waals surface area (Å²) in [6.45, 7) is 2.53. The Hall–Kier alpha value is -1.20. The number of nitrogens with zero attached hydrogens (tertiary/aromatic N) is 2. The zero-order valence-electron chi connectivity index (χ0n) is 7.15. The zero-order valence-corrected chi connectivity index (χ0v) is 7.97. The van der Waals surface area contributed by atoms with Crippen molar-refractivity contribution in [2.24, 2.45) is 0 Å². The van der Waals surface area contributed by atoms with Gasteiger partial charge in [-0.2, -0.15) is 0 Å². The third-order valence-corrected chi connectivity index (χ3v) is 2.35. The average molecular weight is 195 g/mol. The number of hydrogen-bond acceptors (Lipinski definition) is 5. The highest BCUT2D eigenvalue weighted by Crippen LogP contribution is 2.22. The molecule has 0 spiro atoms. The molecule has 68 valence electrons. The molecule has 0 radical (unpaired) electrons. The third-order valence-electron chi connectivity index (χ3n) is 1.47. The normalized spacial score (nSPS) is 10.5. The molecular weight excluding hydrogens is 186 g/mol. The summed E-state index contributed by atoms with van der Waals surface area (Å²) in [4.78, 5) is 14.4. The molecule has 0 bridgehead atoms. The third kappa shape index (κ3) is 1.76. The summed E-state index contributed by atoms with van der Waals surface area (Å²) in [5.74, 6) is 0. The number of hydrogen-bond donors (Lipinski definition) is 1. The first kappa shape index (κ1) is 8.40. The highest BCUT2D eigenvalue weighted by atomic mass is 32.1. The van der Waals surface area contributed by atoms with Gasteiger partial charge in [-0.1, -0.05) is 11.3 Å². The van der Waals surface area contributed by atoms with E-state index in [0.717, 1.165) is 15.5 Å². The van der Waals surface area contributed by atoms with E-state index in [4.69, 9.17) is 4.84 Å². The van der Waals surface area contributed by atoms with Gasteiger partial charge >= 0.3 is 0 Å². The Bertz CT molecular complexity index is 368. The molecule has 0 saturated heterocycles. The fourth-order valence-electron chi connectivity index (χ4n) is 0.947. The lowest BCUT2D eigenvalue weighted by Crippen LogP contribution is -1.98. The van der Waals surface area contributed by atoms with Crippen molar-refractivity contribution in [1.29, 1.82) is 0 Å². The monoisotopic (exact) mass is 195 g/mol. The lowest BCUT2D eigenvalue weighted by molar-refractivity contribution is 0.210. The highest BCUT2D eigenvalue weighted by Gasteiger charge is 2.02. The molecule has 2 aromatic rings. The maximum absolute atomic E-state index is 5.02. The molecular formula is C8H9N3OS. The van der Waals surface area contributed by atoms with Gasteiger partial charge in [0.1, 0.15) is 10.3 Å². The van der Waals surface area contributed by atoms with Crippen LogP contribution in [0.2, 0.25) is 0 Å². The minimum Gasteiger partial charge on any atom is -0.274 e. The van der Waals surface area contributed by atoms with E-state index in [-0.39, 0.29) is 0 Å². The van der Waals surface area contributed by atoms with Gasteiger partial charge in [0.2, 0.25) is 5.13 Å². The SMILES string of the molecule is CCONc1nc2cccnc2s1. The van der Waals surface area contributed by atoms with Crippen LogP contribution in [0.5, 0.6) is 0 Å². The van der Waals surface area contributed by atoms with Crippen molar-refractivity contribution in [3.05, 3.63) is 18.3 Å². The van der Waals surface area contributed by atoms with Crippen LogP contribution >= 0.6 is 11.3 Å². The largest absolute Gasteiger partial charge is 0.274 e. The molecule has 2 rings (SSSR count). The van der Waals surface area contributed by atoms with Gasteiger partial charge in [-0.3, -0.25) is 4.84 Å². The van der Waals surface area contributed by atoms with Crippen LogP contribution in [0, 0.1) is 0 Å². The van der Waals surface area contributed by atoms with Gasteiger partial charge < -0.3 is 0 Å². The minimum atomic E-state index is 0.614. The van der Waals surface area contributed by atoms with Crippen molar-refractivity contribution in [2.45, 2.75) is 6.92 Å². The number of anilines is 1. The van der Waals surface area contributed by atoms with Crippen molar-refractivity contribution in [2.75, 3.05) is 12.1 Å². The molecule has 2 aromatic heterocycles. The molecule has 4 nitrogen and oxygen atoms in total. The fraction of sp³-hybridized carbons (Fsp3) is 0.250. The van der Waals surface area contributed by atoms with Crippen LogP contribution in [0.1, 0.15) is 6.92 Å². The quantitative estimate of drug-likeness (QED) is 0.761. The van der Waals surface area contributed by atoms with E-state index in [1.807, 2.05) is 19.1 Å². The van der Waals surface area contributed by atoms with Crippen LogP contribution in [0.3, 0.4) is 0 Å². The number of nitrogens with one attached hydrogen (secondary N) is 1. The average Bonchev–Trinajstić information content (AvgIpc) is 2.57. The second kappa shape index (κ2) is 3.68. The van der Waals surface area contributed by atoms with E-state index in [1.54, 1.807) is 6.20 Å². The summed E-state index contributed by atoms with van der Waals surface area (Å²) < 4.78 is 0. The van der Waals surface area contributed by atoms with Crippen LogP contribution in [-0.4, -0.2) is 16.6 Å². The second-order valence-electron chi connectivity index (χ2n) is 2.38. The highest BCUT2D eigenvalue weighted by molar-refractivity contribution is 7.21. The van der Waals surface area contributed by atoms with E-state index in [2.05, 4.69) is 15.4 Å². The van der Waals surface area contributed by atoms with Crippen molar-refractivity contribution < 1.29 is 4.84 Å². The first-order chi connectivity index (χ1) is 6.40. The number of rotatable bonds is 3. The van der Waals surface area contributed by atoms with Gasteiger partial charge in [0.05, 0.1) is 6.61 Å². The Kier molecular flexibility index (Phi) is 2.37. The molecule has 0 atom stereocenters. The predicted molar refractivity (Wildman–Crippen MR) is 52.7 cm³/mol. The van der Waals surface area contributed by atoms with E-state index in [9.17, 15) is 0 Å². The first-order valence-electron chi connectivity index (χ1n) is 3.99. The smallest absolute Gasteiger partial charge is 0.209 e. The number of fused-ring (bicyclic) bond motifs is 1. The summed E-state index contributed by atoms with van der Waals surface area (Å²) in [6, 6.07) is 3.79. The van der Waals surface area contributed by atoms with Crippen molar-refractivity contribution in [3.8, 4) is 0 Å². The fourth-order valence-corrected chi connectivity index (χ4v) is 1.71. The van der Waals surface area contributed by atoms with E-state index in [0.29, 0.717) is 6.61 Å². The lowest BCUT2D eigenvalue weighted by atomic mass is 10.5. The second-order valence-corrected chi connectivity index (χ2v) is 3.36. The lowest BCUT2D eigenvalue weighted by Gasteiger charge is -1.97. The molecule has 0 aromatic carbocycles. The van der Waals surface area contributed by atoms with Crippen molar-refractivity contribution in [1.82, 2.24) is 9.97 Å². The summed E-state index contributed by atoms with van der Waals surface area (Å²) in [5.41, 5.74) is 3.65. The Morgan fingerprint density at radius 2 is 2.54 bits per heavy atom. The van der Waals surface area contributed by atoms with Crippen LogP contribution in [0.25, 0.3) is 10.3 Å². The van der Waals surface area contributed by atoms with Crippen molar-refractivity contribution >= 4 is 26.8 Å². The van der Waals surface area contributed by atoms with Gasteiger partial charge in [-0.15, -0.1) is 0 Å². The van der Waals surface area contributed by atoms with E-state index < -0.39 is 0 Å². The zero-order chi connectivity index (χ0) is 9.10. The minimum absolute atomic E-state index is 0.614. The molecule has 2 heterocycles. The van der Waals surface area contributed by atoms with Gasteiger partial charge in [0.15, 0.2) is 0 Å². The van der Waals surface area contributed by atoms with Gasteiger partial charge in [0.25, 0.3) is 0 Å². The molecule has 0 aliphatic rings. The van der Waals surface area contributed by atoms with Gasteiger partial charge in [-0.05, 0) is 19.1 Å². The summed E-state index contributed by atoms with van der Waals surface area (Å²) >= 11 is 1.48. The van der Waals surface area contributed by atoms with Crippen molar-refractivity contribution in [3.63, 3.8) is 0 Å². The molecule has 5 heteroatoms. The van der Waals surface area contributed by atoms with Crippen LogP contribution in [0.4, 0.5) is 5.13 Å². The Morgan fingerprint density at radius 3 is 3.31 bits per heavy atom. The molecule has 0 aliphatic carbocycles. The van der Waals surface area contributed by atoms with Gasteiger partial charge in [0, 0.05) is 6.20 Å². The Morgan fingerprint density at radius 1 is 1.62 bits per heavy atom. The maximum atomic E-state index is 5.02. The number of aromatic nitrogens is 2. The number of pyridine rings is 1. The van der Waals surface area contributed by atoms with Gasteiger partial charge in [-0.25, -0.2) is 15.4 Å². The summed E-state index contributed by atoms with van der Waals surface area (Å²) in [7, 11) is 0.